The molecule has 19 heavy (non-hydrogen) atoms. The number of aryl methyl sites for hydroxylation is 1. The fraction of sp³-hybridized carbons (Fsp3) is 0.562. The van der Waals surface area contributed by atoms with Gasteiger partial charge in [-0.25, -0.2) is 4.39 Å². The van der Waals surface area contributed by atoms with Crippen LogP contribution in [0.4, 0.5) is 4.39 Å². The molecule has 1 unspecified atom stereocenters. The molecule has 1 N–H and O–H groups in total. The van der Waals surface area contributed by atoms with Crippen molar-refractivity contribution in [1.29, 1.82) is 0 Å². The standard InChI is InChI=1S/C16H21FO2/c1-9(2)12-7-13(10(3)6-15(12)17)14(8-16(18)19)11-4-5-11/h6-7,9,11,14H,4-5,8H2,1-3H3,(H,18,19). The first-order chi connectivity index (χ1) is 8.90. The molecule has 2 rings (SSSR count). The van der Waals surface area contributed by atoms with Crippen LogP contribution in [0.5, 0.6) is 0 Å². The predicted octanol–water partition coefficient (Wildman–Crippen LogP) is 4.23. The van der Waals surface area contributed by atoms with Gasteiger partial charge in [0.25, 0.3) is 0 Å². The second-order valence-corrected chi connectivity index (χ2v) is 5.93. The van der Waals surface area contributed by atoms with Gasteiger partial charge in [0.05, 0.1) is 6.42 Å². The van der Waals surface area contributed by atoms with Gasteiger partial charge in [0.15, 0.2) is 0 Å². The van der Waals surface area contributed by atoms with Crippen LogP contribution < -0.4 is 0 Å². The molecule has 1 atom stereocenters. The van der Waals surface area contributed by atoms with Gasteiger partial charge >= 0.3 is 5.97 Å². The quantitative estimate of drug-likeness (QED) is 0.864. The maximum absolute atomic E-state index is 13.9. The summed E-state index contributed by atoms with van der Waals surface area (Å²) in [5.74, 6) is -0.340. The number of carboxylic acids is 1. The summed E-state index contributed by atoms with van der Waals surface area (Å²) in [7, 11) is 0. The van der Waals surface area contributed by atoms with Gasteiger partial charge in [-0.3, -0.25) is 4.79 Å². The Labute approximate surface area is 113 Å². The molecule has 1 aliphatic carbocycles. The Bertz CT molecular complexity index is 490. The lowest BCUT2D eigenvalue weighted by atomic mass is 9.85. The van der Waals surface area contributed by atoms with Crippen molar-refractivity contribution in [3.63, 3.8) is 0 Å². The Hall–Kier alpha value is -1.38. The fourth-order valence-corrected chi connectivity index (χ4v) is 2.77. The van der Waals surface area contributed by atoms with Crippen molar-refractivity contribution in [3.05, 3.63) is 34.6 Å². The smallest absolute Gasteiger partial charge is 0.303 e. The van der Waals surface area contributed by atoms with Gasteiger partial charge in [-0.2, -0.15) is 0 Å². The Morgan fingerprint density at radius 2 is 2.00 bits per heavy atom. The number of hydrogen-bond donors (Lipinski definition) is 1. The summed E-state index contributed by atoms with van der Waals surface area (Å²) in [6.45, 7) is 5.79. The van der Waals surface area contributed by atoms with Crippen LogP contribution in [-0.4, -0.2) is 11.1 Å². The molecule has 1 aromatic carbocycles. The molecule has 1 aromatic rings. The molecule has 0 aliphatic heterocycles. The van der Waals surface area contributed by atoms with Gasteiger partial charge in [0.1, 0.15) is 5.82 Å². The second-order valence-electron chi connectivity index (χ2n) is 5.93. The van der Waals surface area contributed by atoms with E-state index >= 15 is 0 Å². The number of carboxylic acid groups (broad SMARTS) is 1. The minimum atomic E-state index is -0.772. The summed E-state index contributed by atoms with van der Waals surface area (Å²) < 4.78 is 13.9. The average Bonchev–Trinajstić information content (AvgIpc) is 3.09. The molecule has 1 saturated carbocycles. The van der Waals surface area contributed by atoms with E-state index < -0.39 is 5.97 Å². The van der Waals surface area contributed by atoms with Crippen molar-refractivity contribution < 1.29 is 14.3 Å². The lowest BCUT2D eigenvalue weighted by Crippen LogP contribution is -2.11. The summed E-state index contributed by atoms with van der Waals surface area (Å²) in [6, 6.07) is 3.45. The zero-order valence-electron chi connectivity index (χ0n) is 11.7. The molecule has 0 heterocycles. The van der Waals surface area contributed by atoms with Gasteiger partial charge in [0.2, 0.25) is 0 Å². The summed E-state index contributed by atoms with van der Waals surface area (Å²) in [5.41, 5.74) is 2.59. The van der Waals surface area contributed by atoms with E-state index in [-0.39, 0.29) is 24.1 Å². The normalized spacial score (nSPS) is 16.7. The molecule has 1 aliphatic rings. The first-order valence-corrected chi connectivity index (χ1v) is 6.92. The SMILES string of the molecule is Cc1cc(F)c(C(C)C)cc1C(CC(=O)O)C1CC1. The van der Waals surface area contributed by atoms with Crippen LogP contribution in [0.3, 0.4) is 0 Å². The summed E-state index contributed by atoms with van der Waals surface area (Å²) >= 11 is 0. The zero-order valence-corrected chi connectivity index (χ0v) is 11.7. The lowest BCUT2D eigenvalue weighted by Gasteiger charge is -2.20. The average molecular weight is 264 g/mol. The molecule has 0 saturated heterocycles. The molecule has 0 bridgehead atoms. The highest BCUT2D eigenvalue weighted by atomic mass is 19.1. The van der Waals surface area contributed by atoms with Crippen LogP contribution >= 0.6 is 0 Å². The van der Waals surface area contributed by atoms with E-state index in [1.54, 1.807) is 6.07 Å². The minimum absolute atomic E-state index is 0.0376. The third kappa shape index (κ3) is 3.14. The molecule has 3 heteroatoms. The topological polar surface area (TPSA) is 37.3 Å². The van der Waals surface area contributed by atoms with Crippen molar-refractivity contribution in [2.75, 3.05) is 0 Å². The van der Waals surface area contributed by atoms with Crippen molar-refractivity contribution in [2.24, 2.45) is 5.92 Å². The highest BCUT2D eigenvalue weighted by Gasteiger charge is 2.35. The highest BCUT2D eigenvalue weighted by molar-refractivity contribution is 5.68. The number of rotatable bonds is 5. The van der Waals surface area contributed by atoms with Crippen LogP contribution in [0, 0.1) is 18.7 Å². The highest BCUT2D eigenvalue weighted by Crippen LogP contribution is 2.46. The number of carbonyl (C=O) groups is 1. The summed E-state index contributed by atoms with van der Waals surface area (Å²) in [4.78, 5) is 11.0. The van der Waals surface area contributed by atoms with Crippen molar-refractivity contribution >= 4 is 5.97 Å². The van der Waals surface area contributed by atoms with Gasteiger partial charge in [-0.1, -0.05) is 19.9 Å². The zero-order chi connectivity index (χ0) is 14.2. The molecular weight excluding hydrogens is 243 g/mol. The Kier molecular flexibility index (Phi) is 3.93. The monoisotopic (exact) mass is 264 g/mol. The van der Waals surface area contributed by atoms with Crippen LogP contribution in [0.15, 0.2) is 12.1 Å². The van der Waals surface area contributed by atoms with E-state index in [4.69, 9.17) is 5.11 Å². The molecule has 0 aromatic heterocycles. The van der Waals surface area contributed by atoms with Gasteiger partial charge in [-0.15, -0.1) is 0 Å². The molecule has 0 spiro atoms. The van der Waals surface area contributed by atoms with E-state index in [0.29, 0.717) is 11.5 Å². The fourth-order valence-electron chi connectivity index (χ4n) is 2.77. The number of hydrogen-bond acceptors (Lipinski definition) is 1. The second kappa shape index (κ2) is 5.32. The molecule has 2 nitrogen and oxygen atoms in total. The number of aliphatic carboxylic acids is 1. The molecule has 1 fully saturated rings. The van der Waals surface area contributed by atoms with Crippen LogP contribution in [0.1, 0.15) is 61.6 Å². The molecular formula is C16H21FO2. The maximum Gasteiger partial charge on any atom is 0.303 e. The molecule has 0 amide bonds. The first kappa shape index (κ1) is 14.0. The van der Waals surface area contributed by atoms with Crippen molar-refractivity contribution in [3.8, 4) is 0 Å². The minimum Gasteiger partial charge on any atom is -0.481 e. The van der Waals surface area contributed by atoms with E-state index in [1.165, 1.54) is 0 Å². The Morgan fingerprint density at radius 3 is 2.47 bits per heavy atom. The number of benzene rings is 1. The van der Waals surface area contributed by atoms with Gasteiger partial charge in [-0.05, 0) is 60.3 Å². The summed E-state index contributed by atoms with van der Waals surface area (Å²) in [5, 5.41) is 9.07. The molecule has 104 valence electrons. The Balaban J connectivity index is 2.40. The van der Waals surface area contributed by atoms with E-state index in [9.17, 15) is 9.18 Å². The number of halogens is 1. The van der Waals surface area contributed by atoms with E-state index in [0.717, 1.165) is 24.0 Å². The lowest BCUT2D eigenvalue weighted by molar-refractivity contribution is -0.137. The third-order valence-electron chi connectivity index (χ3n) is 3.99. The van der Waals surface area contributed by atoms with Crippen molar-refractivity contribution in [1.82, 2.24) is 0 Å². The molecule has 0 radical (unpaired) electrons. The summed E-state index contributed by atoms with van der Waals surface area (Å²) in [6.07, 6.45) is 2.33. The Morgan fingerprint density at radius 1 is 1.37 bits per heavy atom. The predicted molar refractivity (Wildman–Crippen MR) is 72.9 cm³/mol. The van der Waals surface area contributed by atoms with Crippen molar-refractivity contribution in [2.45, 2.75) is 51.9 Å². The van der Waals surface area contributed by atoms with E-state index in [1.807, 2.05) is 26.8 Å². The third-order valence-corrected chi connectivity index (χ3v) is 3.99. The van der Waals surface area contributed by atoms with Gasteiger partial charge < -0.3 is 5.11 Å². The van der Waals surface area contributed by atoms with E-state index in [2.05, 4.69) is 0 Å². The largest absolute Gasteiger partial charge is 0.481 e. The van der Waals surface area contributed by atoms with Crippen LogP contribution in [-0.2, 0) is 4.79 Å². The van der Waals surface area contributed by atoms with Gasteiger partial charge in [0, 0.05) is 0 Å². The first-order valence-electron chi connectivity index (χ1n) is 6.92. The maximum atomic E-state index is 13.9. The van der Waals surface area contributed by atoms with Crippen LogP contribution in [0.2, 0.25) is 0 Å². The van der Waals surface area contributed by atoms with Crippen LogP contribution in [0.25, 0.3) is 0 Å².